The molecule has 0 aliphatic carbocycles. The summed E-state index contributed by atoms with van der Waals surface area (Å²) in [5.74, 6) is -0.577. The predicted octanol–water partition coefficient (Wildman–Crippen LogP) is 0.585. The van der Waals surface area contributed by atoms with Crippen molar-refractivity contribution in [2.75, 3.05) is 19.7 Å². The maximum Gasteiger partial charge on any atom is 0.248 e. The number of morpholine rings is 1. The van der Waals surface area contributed by atoms with Crippen LogP contribution in [-0.2, 0) is 14.8 Å². The lowest BCUT2D eigenvalue weighted by Gasteiger charge is -2.31. The van der Waals surface area contributed by atoms with Crippen molar-refractivity contribution in [3.63, 3.8) is 0 Å². The summed E-state index contributed by atoms with van der Waals surface area (Å²) >= 11 is 0. The highest BCUT2D eigenvalue weighted by Crippen LogP contribution is 2.20. The minimum absolute atomic E-state index is 0.0663. The van der Waals surface area contributed by atoms with Crippen molar-refractivity contribution in [3.8, 4) is 0 Å². The van der Waals surface area contributed by atoms with Gasteiger partial charge in [0.2, 0.25) is 15.9 Å². The molecule has 1 aromatic carbocycles. The van der Waals surface area contributed by atoms with Crippen LogP contribution in [0.3, 0.4) is 0 Å². The molecular weight excluding hydrogens is 280 g/mol. The molecule has 2 rings (SSSR count). The molecular formula is C13H18N2O4S. The molecule has 1 aromatic rings. The van der Waals surface area contributed by atoms with E-state index in [2.05, 4.69) is 0 Å². The molecule has 0 saturated carbocycles. The van der Waals surface area contributed by atoms with Crippen LogP contribution in [0.15, 0.2) is 29.2 Å². The van der Waals surface area contributed by atoms with Crippen LogP contribution in [0.25, 0.3) is 0 Å². The Morgan fingerprint density at radius 3 is 2.60 bits per heavy atom. The van der Waals surface area contributed by atoms with E-state index < -0.39 is 15.9 Å². The van der Waals surface area contributed by atoms with Crippen LogP contribution in [-0.4, -0.2) is 44.4 Å². The van der Waals surface area contributed by atoms with E-state index in [4.69, 9.17) is 10.5 Å². The maximum atomic E-state index is 12.5. The third-order valence-electron chi connectivity index (χ3n) is 3.33. The summed E-state index contributed by atoms with van der Waals surface area (Å²) in [6.07, 6.45) is 0.704. The van der Waals surface area contributed by atoms with E-state index in [1.807, 2.05) is 6.92 Å². The topological polar surface area (TPSA) is 89.7 Å². The monoisotopic (exact) mass is 298 g/mol. The Labute approximate surface area is 118 Å². The molecule has 7 heteroatoms. The van der Waals surface area contributed by atoms with Gasteiger partial charge in [-0.3, -0.25) is 4.79 Å². The summed E-state index contributed by atoms with van der Waals surface area (Å²) in [4.78, 5) is 11.2. The Morgan fingerprint density at radius 1 is 1.40 bits per heavy atom. The van der Waals surface area contributed by atoms with E-state index in [-0.39, 0.29) is 16.6 Å². The van der Waals surface area contributed by atoms with Crippen molar-refractivity contribution in [1.82, 2.24) is 4.31 Å². The molecule has 2 N–H and O–H groups in total. The molecule has 1 atom stereocenters. The van der Waals surface area contributed by atoms with E-state index >= 15 is 0 Å². The van der Waals surface area contributed by atoms with Gasteiger partial charge in [-0.2, -0.15) is 4.31 Å². The van der Waals surface area contributed by atoms with E-state index in [0.717, 1.165) is 6.42 Å². The molecule has 1 fully saturated rings. The first-order chi connectivity index (χ1) is 9.45. The van der Waals surface area contributed by atoms with Crippen LogP contribution in [0.4, 0.5) is 0 Å². The minimum atomic E-state index is -3.55. The lowest BCUT2D eigenvalue weighted by Crippen LogP contribution is -2.45. The van der Waals surface area contributed by atoms with Gasteiger partial charge in [-0.15, -0.1) is 0 Å². The summed E-state index contributed by atoms with van der Waals surface area (Å²) in [6, 6.07) is 5.66. The normalized spacial score (nSPS) is 20.8. The highest BCUT2D eigenvalue weighted by molar-refractivity contribution is 7.89. The van der Waals surface area contributed by atoms with Gasteiger partial charge in [-0.05, 0) is 30.7 Å². The van der Waals surface area contributed by atoms with Crippen LogP contribution >= 0.6 is 0 Å². The van der Waals surface area contributed by atoms with Gasteiger partial charge in [-0.25, -0.2) is 8.42 Å². The molecule has 0 aromatic heterocycles. The molecule has 1 saturated heterocycles. The van der Waals surface area contributed by atoms with Crippen molar-refractivity contribution in [3.05, 3.63) is 29.8 Å². The molecule has 1 aliphatic rings. The largest absolute Gasteiger partial charge is 0.375 e. The van der Waals surface area contributed by atoms with Crippen LogP contribution < -0.4 is 5.73 Å². The molecule has 20 heavy (non-hydrogen) atoms. The number of benzene rings is 1. The van der Waals surface area contributed by atoms with Crippen molar-refractivity contribution < 1.29 is 17.9 Å². The van der Waals surface area contributed by atoms with Gasteiger partial charge >= 0.3 is 0 Å². The molecule has 1 aliphatic heterocycles. The number of nitrogens with zero attached hydrogens (tertiary/aromatic N) is 1. The predicted molar refractivity (Wildman–Crippen MR) is 73.7 cm³/mol. The molecule has 0 spiro atoms. The van der Waals surface area contributed by atoms with Gasteiger partial charge in [0, 0.05) is 18.7 Å². The maximum absolute atomic E-state index is 12.5. The average Bonchev–Trinajstić information content (AvgIpc) is 2.47. The van der Waals surface area contributed by atoms with Crippen LogP contribution in [0.1, 0.15) is 23.7 Å². The molecule has 0 radical (unpaired) electrons. The molecule has 110 valence electrons. The van der Waals surface area contributed by atoms with Crippen LogP contribution in [0, 0.1) is 0 Å². The third-order valence-corrected chi connectivity index (χ3v) is 5.21. The highest BCUT2D eigenvalue weighted by atomic mass is 32.2. The Morgan fingerprint density at radius 2 is 2.05 bits per heavy atom. The van der Waals surface area contributed by atoms with Gasteiger partial charge in [0.1, 0.15) is 0 Å². The summed E-state index contributed by atoms with van der Waals surface area (Å²) in [5, 5.41) is 0. The number of carbonyl (C=O) groups excluding carboxylic acids is 1. The average molecular weight is 298 g/mol. The number of amides is 1. The fraction of sp³-hybridized carbons (Fsp3) is 0.462. The van der Waals surface area contributed by atoms with E-state index in [1.54, 1.807) is 0 Å². The number of sulfonamides is 1. The second-order valence-electron chi connectivity index (χ2n) is 4.65. The summed E-state index contributed by atoms with van der Waals surface area (Å²) < 4.78 is 31.9. The SMILES string of the molecule is CC[C@@H]1CN(S(=O)(=O)c2ccc(C(N)=O)cc2)CCO1. The van der Waals surface area contributed by atoms with Crippen molar-refractivity contribution in [2.24, 2.45) is 5.73 Å². The lowest BCUT2D eigenvalue weighted by atomic mass is 10.2. The molecule has 1 heterocycles. The number of primary amides is 1. The van der Waals surface area contributed by atoms with Crippen molar-refractivity contribution >= 4 is 15.9 Å². The van der Waals surface area contributed by atoms with E-state index in [0.29, 0.717) is 19.7 Å². The summed E-state index contributed by atoms with van der Waals surface area (Å²) in [5.41, 5.74) is 5.43. The summed E-state index contributed by atoms with van der Waals surface area (Å²) in [7, 11) is -3.55. The number of hydrogen-bond donors (Lipinski definition) is 1. The zero-order valence-electron chi connectivity index (χ0n) is 11.3. The highest BCUT2D eigenvalue weighted by Gasteiger charge is 2.30. The van der Waals surface area contributed by atoms with Crippen LogP contribution in [0.2, 0.25) is 0 Å². The zero-order chi connectivity index (χ0) is 14.8. The Balaban J connectivity index is 2.23. The number of rotatable bonds is 4. The van der Waals surface area contributed by atoms with Gasteiger partial charge in [0.15, 0.2) is 0 Å². The molecule has 1 amide bonds. The standard InChI is InChI=1S/C13H18N2O4S/c1-2-11-9-15(7-8-19-11)20(17,18)12-5-3-10(4-6-12)13(14)16/h3-6,11H,2,7-9H2,1H3,(H2,14,16)/t11-/m1/s1. The first-order valence-electron chi connectivity index (χ1n) is 6.46. The van der Waals surface area contributed by atoms with E-state index in [1.165, 1.54) is 28.6 Å². The third kappa shape index (κ3) is 3.00. The second-order valence-corrected chi connectivity index (χ2v) is 6.59. The smallest absolute Gasteiger partial charge is 0.248 e. The van der Waals surface area contributed by atoms with Crippen molar-refractivity contribution in [1.29, 1.82) is 0 Å². The second kappa shape index (κ2) is 5.90. The van der Waals surface area contributed by atoms with Gasteiger partial charge in [0.05, 0.1) is 17.6 Å². The minimum Gasteiger partial charge on any atom is -0.375 e. The summed E-state index contributed by atoms with van der Waals surface area (Å²) in [6.45, 7) is 3.06. The van der Waals surface area contributed by atoms with E-state index in [9.17, 15) is 13.2 Å². The number of hydrogen-bond acceptors (Lipinski definition) is 4. The van der Waals surface area contributed by atoms with Gasteiger partial charge in [-0.1, -0.05) is 6.92 Å². The first-order valence-corrected chi connectivity index (χ1v) is 7.90. The number of nitrogens with two attached hydrogens (primary N) is 1. The number of carbonyl (C=O) groups is 1. The molecule has 6 nitrogen and oxygen atoms in total. The lowest BCUT2D eigenvalue weighted by molar-refractivity contribution is -0.00277. The first kappa shape index (κ1) is 15.0. The molecule has 0 unspecified atom stereocenters. The van der Waals surface area contributed by atoms with Gasteiger partial charge in [0.25, 0.3) is 0 Å². The quantitative estimate of drug-likeness (QED) is 0.880. The fourth-order valence-corrected chi connectivity index (χ4v) is 3.55. The molecule has 0 bridgehead atoms. The Hall–Kier alpha value is -1.44. The Kier molecular flexibility index (Phi) is 4.42. The fourth-order valence-electron chi connectivity index (χ4n) is 2.10. The van der Waals surface area contributed by atoms with Crippen LogP contribution in [0.5, 0.6) is 0 Å². The zero-order valence-corrected chi connectivity index (χ0v) is 12.1. The van der Waals surface area contributed by atoms with Crippen molar-refractivity contribution in [2.45, 2.75) is 24.3 Å². The van der Waals surface area contributed by atoms with Gasteiger partial charge < -0.3 is 10.5 Å². The number of ether oxygens (including phenoxy) is 1. The Bertz CT molecular complexity index is 583.